The van der Waals surface area contributed by atoms with Crippen LogP contribution < -0.4 is 5.73 Å². The monoisotopic (exact) mass is 229 g/mol. The molecule has 2 N–H and O–H groups in total. The van der Waals surface area contributed by atoms with Gasteiger partial charge in [0.05, 0.1) is 5.37 Å². The van der Waals surface area contributed by atoms with Gasteiger partial charge in [0, 0.05) is 4.90 Å². The van der Waals surface area contributed by atoms with Crippen LogP contribution in [0.3, 0.4) is 0 Å². The highest BCUT2D eigenvalue weighted by Crippen LogP contribution is 2.30. The smallest absolute Gasteiger partial charge is 0.0811 e. The van der Waals surface area contributed by atoms with Gasteiger partial charge in [-0.25, -0.2) is 0 Å². The Balaban J connectivity index is 2.08. The van der Waals surface area contributed by atoms with Crippen LogP contribution in [-0.2, 0) is 0 Å². The second-order valence-electron chi connectivity index (χ2n) is 3.76. The molecule has 1 atom stereocenters. The summed E-state index contributed by atoms with van der Waals surface area (Å²) >= 11 is 1.68. The summed E-state index contributed by atoms with van der Waals surface area (Å²) in [5.74, 6) is 0. The van der Waals surface area contributed by atoms with Gasteiger partial charge >= 0.3 is 0 Å². The second-order valence-corrected chi connectivity index (χ2v) is 4.98. The third-order valence-corrected chi connectivity index (χ3v) is 3.48. The predicted molar refractivity (Wildman–Crippen MR) is 70.4 cm³/mol. The quantitative estimate of drug-likeness (QED) is 0.641. The van der Waals surface area contributed by atoms with Crippen LogP contribution >= 0.6 is 11.8 Å². The molecule has 0 aliphatic heterocycles. The lowest BCUT2D eigenvalue weighted by Gasteiger charge is -2.11. The minimum atomic E-state index is 0.00362. The van der Waals surface area contributed by atoms with Crippen molar-refractivity contribution in [3.05, 3.63) is 65.7 Å². The van der Waals surface area contributed by atoms with Crippen LogP contribution in [0.15, 0.2) is 59.5 Å². The Labute approximate surface area is 101 Å². The summed E-state index contributed by atoms with van der Waals surface area (Å²) in [4.78, 5) is 1.21. The molecule has 2 heteroatoms. The molecular weight excluding hydrogens is 214 g/mol. The van der Waals surface area contributed by atoms with Gasteiger partial charge in [-0.15, -0.1) is 11.8 Å². The van der Waals surface area contributed by atoms with Crippen molar-refractivity contribution in [1.29, 1.82) is 0 Å². The largest absolute Gasteiger partial charge is 0.315 e. The van der Waals surface area contributed by atoms with Gasteiger partial charge in [0.25, 0.3) is 0 Å². The third kappa shape index (κ3) is 2.87. The first kappa shape index (κ1) is 11.2. The number of nitrogens with two attached hydrogens (primary N) is 1. The topological polar surface area (TPSA) is 26.0 Å². The minimum absolute atomic E-state index is 0.00362. The minimum Gasteiger partial charge on any atom is -0.315 e. The first-order valence-corrected chi connectivity index (χ1v) is 6.17. The van der Waals surface area contributed by atoms with Gasteiger partial charge in [-0.1, -0.05) is 48.0 Å². The Hall–Kier alpha value is -1.25. The van der Waals surface area contributed by atoms with Crippen molar-refractivity contribution in [3.8, 4) is 0 Å². The summed E-state index contributed by atoms with van der Waals surface area (Å²) in [5, 5.41) is 0.00362. The summed E-state index contributed by atoms with van der Waals surface area (Å²) < 4.78 is 0. The highest BCUT2D eigenvalue weighted by atomic mass is 32.2. The van der Waals surface area contributed by atoms with Crippen LogP contribution in [0.25, 0.3) is 0 Å². The molecule has 0 heterocycles. The van der Waals surface area contributed by atoms with Gasteiger partial charge < -0.3 is 5.73 Å². The summed E-state index contributed by atoms with van der Waals surface area (Å²) in [5.41, 5.74) is 8.56. The van der Waals surface area contributed by atoms with E-state index >= 15 is 0 Å². The van der Waals surface area contributed by atoms with E-state index in [2.05, 4.69) is 43.3 Å². The van der Waals surface area contributed by atoms with Crippen LogP contribution in [0.5, 0.6) is 0 Å². The maximum atomic E-state index is 6.13. The summed E-state index contributed by atoms with van der Waals surface area (Å²) in [6, 6.07) is 18.6. The SMILES string of the molecule is Cc1ccc(SC(N)c2ccccc2)cc1. The maximum absolute atomic E-state index is 6.13. The number of benzene rings is 2. The molecule has 0 spiro atoms. The number of hydrogen-bond donors (Lipinski definition) is 1. The van der Waals surface area contributed by atoms with Gasteiger partial charge in [0.1, 0.15) is 0 Å². The average molecular weight is 229 g/mol. The third-order valence-electron chi connectivity index (χ3n) is 2.41. The van der Waals surface area contributed by atoms with Gasteiger partial charge in [-0.3, -0.25) is 0 Å². The molecule has 0 aliphatic carbocycles. The van der Waals surface area contributed by atoms with Crippen LogP contribution in [0.1, 0.15) is 16.5 Å². The first-order valence-electron chi connectivity index (χ1n) is 5.29. The molecule has 0 saturated heterocycles. The molecule has 0 amide bonds. The normalized spacial score (nSPS) is 12.4. The Morgan fingerprint density at radius 1 is 0.938 bits per heavy atom. The van der Waals surface area contributed by atoms with Crippen molar-refractivity contribution in [2.45, 2.75) is 17.2 Å². The zero-order chi connectivity index (χ0) is 11.4. The van der Waals surface area contributed by atoms with Crippen molar-refractivity contribution >= 4 is 11.8 Å². The average Bonchev–Trinajstić information content (AvgIpc) is 2.33. The number of aryl methyl sites for hydroxylation is 1. The lowest BCUT2D eigenvalue weighted by molar-refractivity contribution is 1.03. The fourth-order valence-electron chi connectivity index (χ4n) is 1.47. The van der Waals surface area contributed by atoms with Crippen molar-refractivity contribution in [1.82, 2.24) is 0 Å². The van der Waals surface area contributed by atoms with Crippen molar-refractivity contribution in [2.24, 2.45) is 5.73 Å². The molecule has 0 saturated carbocycles. The van der Waals surface area contributed by atoms with Crippen LogP contribution in [-0.4, -0.2) is 0 Å². The molecule has 0 aromatic heterocycles. The molecule has 0 radical (unpaired) electrons. The lowest BCUT2D eigenvalue weighted by Crippen LogP contribution is -2.05. The van der Waals surface area contributed by atoms with Gasteiger partial charge in [-0.05, 0) is 24.6 Å². The molecule has 0 bridgehead atoms. The van der Waals surface area contributed by atoms with E-state index in [1.165, 1.54) is 10.5 Å². The van der Waals surface area contributed by atoms with E-state index in [9.17, 15) is 0 Å². The molecule has 2 rings (SSSR count). The zero-order valence-corrected chi connectivity index (χ0v) is 10.1. The van der Waals surface area contributed by atoms with E-state index in [0.717, 1.165) is 5.56 Å². The highest BCUT2D eigenvalue weighted by molar-refractivity contribution is 7.99. The highest BCUT2D eigenvalue weighted by Gasteiger charge is 2.06. The Morgan fingerprint density at radius 2 is 1.56 bits per heavy atom. The van der Waals surface area contributed by atoms with Gasteiger partial charge in [0.15, 0.2) is 0 Å². The van der Waals surface area contributed by atoms with Crippen LogP contribution in [0.2, 0.25) is 0 Å². The summed E-state index contributed by atoms with van der Waals surface area (Å²) in [6.45, 7) is 2.09. The molecular formula is C14H15NS. The Morgan fingerprint density at radius 3 is 2.19 bits per heavy atom. The van der Waals surface area contributed by atoms with Gasteiger partial charge in [-0.2, -0.15) is 0 Å². The lowest BCUT2D eigenvalue weighted by atomic mass is 10.2. The molecule has 2 aromatic rings. The van der Waals surface area contributed by atoms with Crippen LogP contribution in [0.4, 0.5) is 0 Å². The molecule has 2 aromatic carbocycles. The zero-order valence-electron chi connectivity index (χ0n) is 9.26. The predicted octanol–water partition coefficient (Wildman–Crippen LogP) is 3.74. The van der Waals surface area contributed by atoms with E-state index in [1.54, 1.807) is 11.8 Å². The van der Waals surface area contributed by atoms with Crippen molar-refractivity contribution < 1.29 is 0 Å². The van der Waals surface area contributed by atoms with E-state index < -0.39 is 0 Å². The standard InChI is InChI=1S/C14H15NS/c1-11-7-9-13(10-8-11)16-14(15)12-5-3-2-4-6-12/h2-10,14H,15H2,1H3. The summed E-state index contributed by atoms with van der Waals surface area (Å²) in [7, 11) is 0. The molecule has 0 fully saturated rings. The number of thioether (sulfide) groups is 1. The van der Waals surface area contributed by atoms with Crippen LogP contribution in [0, 0.1) is 6.92 Å². The van der Waals surface area contributed by atoms with E-state index in [4.69, 9.17) is 5.73 Å². The Kier molecular flexibility index (Phi) is 3.65. The number of rotatable bonds is 3. The van der Waals surface area contributed by atoms with E-state index in [1.807, 2.05) is 18.2 Å². The molecule has 1 unspecified atom stereocenters. The van der Waals surface area contributed by atoms with Crippen molar-refractivity contribution in [3.63, 3.8) is 0 Å². The molecule has 16 heavy (non-hydrogen) atoms. The Bertz CT molecular complexity index is 436. The molecule has 0 aliphatic rings. The molecule has 1 nitrogen and oxygen atoms in total. The number of hydrogen-bond acceptors (Lipinski definition) is 2. The second kappa shape index (κ2) is 5.19. The fraction of sp³-hybridized carbons (Fsp3) is 0.143. The first-order chi connectivity index (χ1) is 7.75. The molecule has 82 valence electrons. The maximum Gasteiger partial charge on any atom is 0.0811 e. The summed E-state index contributed by atoms with van der Waals surface area (Å²) in [6.07, 6.45) is 0. The van der Waals surface area contributed by atoms with E-state index in [-0.39, 0.29) is 5.37 Å². The fourth-order valence-corrected chi connectivity index (χ4v) is 2.35. The van der Waals surface area contributed by atoms with Gasteiger partial charge in [0.2, 0.25) is 0 Å². The van der Waals surface area contributed by atoms with E-state index in [0.29, 0.717) is 0 Å². The van der Waals surface area contributed by atoms with Crippen molar-refractivity contribution in [2.75, 3.05) is 0 Å².